The van der Waals surface area contributed by atoms with Crippen LogP contribution in [0, 0.1) is 0 Å². The van der Waals surface area contributed by atoms with Crippen molar-refractivity contribution in [2.24, 2.45) is 4.99 Å². The molecule has 2 unspecified atom stereocenters. The fraction of sp³-hybridized carbons (Fsp3) is 0.440. The van der Waals surface area contributed by atoms with Gasteiger partial charge < -0.3 is 25.0 Å². The van der Waals surface area contributed by atoms with E-state index in [1.807, 2.05) is 74.2 Å². The van der Waals surface area contributed by atoms with Gasteiger partial charge in [0.15, 0.2) is 5.96 Å². The van der Waals surface area contributed by atoms with Gasteiger partial charge in [-0.05, 0) is 56.2 Å². The quantitative estimate of drug-likeness (QED) is 0.303. The Balaban J connectivity index is 0.00000385. The number of aliphatic imine (C=N–C) groups is 1. The number of morpholine rings is 1. The summed E-state index contributed by atoms with van der Waals surface area (Å²) in [7, 11) is 1.66. The van der Waals surface area contributed by atoms with Gasteiger partial charge in [-0.2, -0.15) is 0 Å². The molecular formula is C25H35IN4O3. The second-order valence-corrected chi connectivity index (χ2v) is 8.06. The second-order valence-electron chi connectivity index (χ2n) is 8.06. The minimum absolute atomic E-state index is 0. The Labute approximate surface area is 214 Å². The van der Waals surface area contributed by atoms with Crippen molar-refractivity contribution in [3.05, 3.63) is 65.2 Å². The van der Waals surface area contributed by atoms with E-state index in [-0.39, 0.29) is 42.1 Å². The minimum Gasteiger partial charge on any atom is -0.497 e. The maximum atomic E-state index is 12.8. The highest BCUT2D eigenvalue weighted by Crippen LogP contribution is 2.15. The monoisotopic (exact) mass is 566 g/mol. The molecule has 1 amide bonds. The number of hydrogen-bond donors (Lipinski definition) is 2. The molecule has 0 saturated carbocycles. The van der Waals surface area contributed by atoms with E-state index < -0.39 is 0 Å². The van der Waals surface area contributed by atoms with Gasteiger partial charge in [-0.15, -0.1) is 24.0 Å². The Morgan fingerprint density at radius 2 is 1.64 bits per heavy atom. The van der Waals surface area contributed by atoms with E-state index in [1.165, 1.54) is 0 Å². The maximum Gasteiger partial charge on any atom is 0.254 e. The minimum atomic E-state index is 0. The number of carbonyl (C=O) groups is 1. The molecule has 180 valence electrons. The number of ether oxygens (including phenoxy) is 2. The molecule has 2 atom stereocenters. The van der Waals surface area contributed by atoms with Gasteiger partial charge in [0.25, 0.3) is 5.91 Å². The van der Waals surface area contributed by atoms with E-state index in [2.05, 4.69) is 15.6 Å². The number of halogens is 1. The molecule has 0 radical (unpaired) electrons. The van der Waals surface area contributed by atoms with Crippen LogP contribution in [0.5, 0.6) is 5.75 Å². The van der Waals surface area contributed by atoms with E-state index in [0.29, 0.717) is 31.7 Å². The zero-order valence-electron chi connectivity index (χ0n) is 19.8. The summed E-state index contributed by atoms with van der Waals surface area (Å²) in [5.41, 5.74) is 2.90. The van der Waals surface area contributed by atoms with Crippen LogP contribution in [0.15, 0.2) is 53.5 Å². The maximum absolute atomic E-state index is 12.8. The Kier molecular flexibility index (Phi) is 10.9. The third kappa shape index (κ3) is 8.19. The Bertz CT molecular complexity index is 893. The number of rotatable bonds is 7. The first-order valence-electron chi connectivity index (χ1n) is 11.2. The average Bonchev–Trinajstić information content (AvgIpc) is 2.80. The lowest BCUT2D eigenvalue weighted by Gasteiger charge is -2.35. The van der Waals surface area contributed by atoms with E-state index in [1.54, 1.807) is 7.11 Å². The van der Waals surface area contributed by atoms with Crippen molar-refractivity contribution in [1.82, 2.24) is 15.5 Å². The average molecular weight is 566 g/mol. The molecule has 2 aromatic carbocycles. The van der Waals surface area contributed by atoms with E-state index in [4.69, 9.17) is 9.47 Å². The molecule has 1 heterocycles. The summed E-state index contributed by atoms with van der Waals surface area (Å²) in [6.45, 7) is 9.27. The smallest absolute Gasteiger partial charge is 0.254 e. The predicted molar refractivity (Wildman–Crippen MR) is 142 cm³/mol. The molecule has 1 saturated heterocycles. The number of carbonyl (C=O) groups excluding carboxylic acids is 1. The van der Waals surface area contributed by atoms with Gasteiger partial charge >= 0.3 is 0 Å². The van der Waals surface area contributed by atoms with Gasteiger partial charge in [0, 0.05) is 31.7 Å². The SMILES string of the molecule is CCNC(=NCc1ccc(OC)cc1)NCc1ccc(C(=O)N2CC(C)OC(C)C2)cc1.I. The summed E-state index contributed by atoms with van der Waals surface area (Å²) in [6, 6.07) is 15.7. The largest absolute Gasteiger partial charge is 0.497 e. The van der Waals surface area contributed by atoms with Gasteiger partial charge in [0.2, 0.25) is 0 Å². The van der Waals surface area contributed by atoms with Crippen LogP contribution in [0.3, 0.4) is 0 Å². The van der Waals surface area contributed by atoms with Gasteiger partial charge in [-0.1, -0.05) is 24.3 Å². The molecule has 8 heteroatoms. The molecule has 0 bridgehead atoms. The van der Waals surface area contributed by atoms with Crippen molar-refractivity contribution >= 4 is 35.8 Å². The van der Waals surface area contributed by atoms with Crippen molar-refractivity contribution in [2.75, 3.05) is 26.7 Å². The van der Waals surface area contributed by atoms with Crippen LogP contribution in [0.2, 0.25) is 0 Å². The first-order valence-corrected chi connectivity index (χ1v) is 11.2. The van der Waals surface area contributed by atoms with E-state index in [0.717, 1.165) is 29.4 Å². The molecule has 7 nitrogen and oxygen atoms in total. The lowest BCUT2D eigenvalue weighted by atomic mass is 10.1. The fourth-order valence-corrected chi connectivity index (χ4v) is 3.72. The van der Waals surface area contributed by atoms with Crippen LogP contribution in [0.1, 0.15) is 42.3 Å². The highest BCUT2D eigenvalue weighted by atomic mass is 127. The zero-order valence-corrected chi connectivity index (χ0v) is 22.2. The number of hydrogen-bond acceptors (Lipinski definition) is 4. The van der Waals surface area contributed by atoms with Gasteiger partial charge in [0.05, 0.1) is 25.9 Å². The van der Waals surface area contributed by atoms with Gasteiger partial charge in [0.1, 0.15) is 5.75 Å². The summed E-state index contributed by atoms with van der Waals surface area (Å²) in [5, 5.41) is 6.62. The van der Waals surface area contributed by atoms with Crippen molar-refractivity contribution in [1.29, 1.82) is 0 Å². The molecule has 0 aliphatic carbocycles. The summed E-state index contributed by atoms with van der Waals surface area (Å²) in [4.78, 5) is 19.4. The van der Waals surface area contributed by atoms with Crippen LogP contribution in [-0.2, 0) is 17.8 Å². The van der Waals surface area contributed by atoms with Crippen molar-refractivity contribution in [3.63, 3.8) is 0 Å². The number of benzene rings is 2. The van der Waals surface area contributed by atoms with Crippen molar-refractivity contribution in [2.45, 2.75) is 46.1 Å². The molecule has 3 rings (SSSR count). The van der Waals surface area contributed by atoms with E-state index >= 15 is 0 Å². The van der Waals surface area contributed by atoms with Crippen molar-refractivity contribution < 1.29 is 14.3 Å². The highest BCUT2D eigenvalue weighted by Gasteiger charge is 2.26. The molecule has 1 aliphatic rings. The highest BCUT2D eigenvalue weighted by molar-refractivity contribution is 14.0. The number of nitrogens with one attached hydrogen (secondary N) is 2. The molecule has 2 aromatic rings. The van der Waals surface area contributed by atoms with Gasteiger partial charge in [-0.25, -0.2) is 4.99 Å². The molecule has 1 aliphatic heterocycles. The summed E-state index contributed by atoms with van der Waals surface area (Å²) in [6.07, 6.45) is 0.126. The first kappa shape index (κ1) is 26.9. The van der Waals surface area contributed by atoms with E-state index in [9.17, 15) is 4.79 Å². The second kappa shape index (κ2) is 13.4. The first-order chi connectivity index (χ1) is 15.5. The van der Waals surface area contributed by atoms with Crippen LogP contribution >= 0.6 is 24.0 Å². The number of nitrogens with zero attached hydrogens (tertiary/aromatic N) is 2. The van der Waals surface area contributed by atoms with Crippen LogP contribution < -0.4 is 15.4 Å². The molecule has 0 spiro atoms. The summed E-state index contributed by atoms with van der Waals surface area (Å²) >= 11 is 0. The van der Waals surface area contributed by atoms with Gasteiger partial charge in [-0.3, -0.25) is 4.79 Å². The number of methoxy groups -OCH3 is 1. The third-order valence-electron chi connectivity index (χ3n) is 5.29. The fourth-order valence-electron chi connectivity index (χ4n) is 3.72. The normalized spacial score (nSPS) is 18.3. The predicted octanol–water partition coefficient (Wildman–Crippen LogP) is 3.82. The molecule has 2 N–H and O–H groups in total. The molecule has 1 fully saturated rings. The number of amides is 1. The zero-order chi connectivity index (χ0) is 22.9. The summed E-state index contributed by atoms with van der Waals surface area (Å²) < 4.78 is 10.9. The third-order valence-corrected chi connectivity index (χ3v) is 5.29. The molecule has 33 heavy (non-hydrogen) atoms. The molecular weight excluding hydrogens is 531 g/mol. The van der Waals surface area contributed by atoms with Crippen LogP contribution in [-0.4, -0.2) is 55.7 Å². The number of guanidine groups is 1. The lowest BCUT2D eigenvalue weighted by Crippen LogP contribution is -2.48. The Morgan fingerprint density at radius 1 is 1.03 bits per heavy atom. The standard InChI is InChI=1S/C25H34N4O3.HI/c1-5-26-25(28-15-21-8-12-23(31-4)13-9-21)27-14-20-6-10-22(11-7-20)24(30)29-16-18(2)32-19(3)17-29;/h6-13,18-19H,5,14-17H2,1-4H3,(H2,26,27,28);1H. The molecule has 0 aromatic heterocycles. The van der Waals surface area contributed by atoms with Crippen LogP contribution in [0.25, 0.3) is 0 Å². The van der Waals surface area contributed by atoms with Crippen LogP contribution in [0.4, 0.5) is 0 Å². The Hall–Kier alpha value is -2.33. The topological polar surface area (TPSA) is 75.2 Å². The van der Waals surface area contributed by atoms with Crippen molar-refractivity contribution in [3.8, 4) is 5.75 Å². The Morgan fingerprint density at radius 3 is 2.21 bits per heavy atom. The lowest BCUT2D eigenvalue weighted by molar-refractivity contribution is -0.0586. The summed E-state index contributed by atoms with van der Waals surface area (Å²) in [5.74, 6) is 1.64.